The largest absolute Gasteiger partial charge is 0.294 e. The van der Waals surface area contributed by atoms with E-state index in [1.165, 1.54) is 18.2 Å². The molecule has 17 heavy (non-hydrogen) atoms. The van der Waals surface area contributed by atoms with Gasteiger partial charge in [0.25, 0.3) is 10.1 Å². The number of azide groups is 1. The van der Waals surface area contributed by atoms with E-state index in [1.54, 1.807) is 18.2 Å². The van der Waals surface area contributed by atoms with Gasteiger partial charge in [0.05, 0.1) is 4.90 Å². The Hall–Kier alpha value is -2.08. The summed E-state index contributed by atoms with van der Waals surface area (Å²) in [6.45, 7) is 0. The van der Waals surface area contributed by atoms with Gasteiger partial charge in [-0.2, -0.15) is 8.42 Å². The molecular formula is C10H7N3O3S. The van der Waals surface area contributed by atoms with Crippen molar-refractivity contribution in [1.82, 2.24) is 0 Å². The first-order valence-electron chi connectivity index (χ1n) is 4.57. The zero-order valence-electron chi connectivity index (χ0n) is 8.48. The van der Waals surface area contributed by atoms with Gasteiger partial charge in [0, 0.05) is 10.6 Å². The molecule has 7 heteroatoms. The molecule has 0 heterocycles. The molecule has 0 aromatic heterocycles. The first-order chi connectivity index (χ1) is 8.00. The van der Waals surface area contributed by atoms with Gasteiger partial charge in [-0.1, -0.05) is 23.3 Å². The van der Waals surface area contributed by atoms with Gasteiger partial charge in [-0.25, -0.2) is 0 Å². The maximum atomic E-state index is 10.9. The van der Waals surface area contributed by atoms with E-state index in [1.807, 2.05) is 0 Å². The van der Waals surface area contributed by atoms with Crippen molar-refractivity contribution in [3.63, 3.8) is 0 Å². The van der Waals surface area contributed by atoms with Gasteiger partial charge in [0.15, 0.2) is 0 Å². The second-order valence-electron chi connectivity index (χ2n) is 3.36. The van der Waals surface area contributed by atoms with Crippen LogP contribution >= 0.6 is 0 Å². The molecule has 0 saturated carbocycles. The molecule has 6 nitrogen and oxygen atoms in total. The van der Waals surface area contributed by atoms with Gasteiger partial charge in [0.1, 0.15) is 0 Å². The summed E-state index contributed by atoms with van der Waals surface area (Å²) in [7, 11) is -4.20. The van der Waals surface area contributed by atoms with E-state index in [0.29, 0.717) is 11.1 Å². The summed E-state index contributed by atoms with van der Waals surface area (Å²) in [6.07, 6.45) is 0. The number of nitrogens with zero attached hydrogens (tertiary/aromatic N) is 3. The molecule has 86 valence electrons. The van der Waals surface area contributed by atoms with E-state index in [-0.39, 0.29) is 4.90 Å². The maximum Gasteiger partial charge on any atom is 0.294 e. The number of rotatable bonds is 2. The number of fused-ring (bicyclic) bond motifs is 1. The quantitative estimate of drug-likeness (QED) is 0.383. The zero-order valence-corrected chi connectivity index (χ0v) is 9.29. The molecule has 0 aliphatic carbocycles. The third-order valence-electron chi connectivity index (χ3n) is 2.25. The summed E-state index contributed by atoms with van der Waals surface area (Å²) < 4.78 is 30.8. The summed E-state index contributed by atoms with van der Waals surface area (Å²) in [5.74, 6) is 0. The van der Waals surface area contributed by atoms with Crippen LogP contribution in [0.5, 0.6) is 0 Å². The second-order valence-corrected chi connectivity index (χ2v) is 4.78. The minimum absolute atomic E-state index is 0.165. The predicted molar refractivity (Wildman–Crippen MR) is 62.6 cm³/mol. The van der Waals surface area contributed by atoms with E-state index in [4.69, 9.17) is 10.1 Å². The van der Waals surface area contributed by atoms with Crippen molar-refractivity contribution < 1.29 is 13.0 Å². The summed E-state index contributed by atoms with van der Waals surface area (Å²) in [6, 6.07) is 8.99. The van der Waals surface area contributed by atoms with Crippen molar-refractivity contribution >= 4 is 26.6 Å². The normalized spacial score (nSPS) is 11.1. The third-order valence-corrected chi connectivity index (χ3v) is 3.10. The van der Waals surface area contributed by atoms with Crippen molar-refractivity contribution in [2.75, 3.05) is 0 Å². The molecule has 0 atom stereocenters. The van der Waals surface area contributed by atoms with Crippen molar-refractivity contribution in [3.05, 3.63) is 46.8 Å². The highest BCUT2D eigenvalue weighted by Gasteiger charge is 2.09. The molecular weight excluding hydrogens is 242 g/mol. The molecule has 0 radical (unpaired) electrons. The first-order valence-corrected chi connectivity index (χ1v) is 6.01. The van der Waals surface area contributed by atoms with Crippen LogP contribution in [-0.4, -0.2) is 13.0 Å². The SMILES string of the molecule is [N-]=[N+]=Nc1ccc2cc(S(=O)(=O)O)ccc2c1. The average Bonchev–Trinajstić information content (AvgIpc) is 2.27. The first kappa shape index (κ1) is 11.4. The molecule has 0 spiro atoms. The van der Waals surface area contributed by atoms with Gasteiger partial charge in [-0.15, -0.1) is 0 Å². The molecule has 0 aliphatic heterocycles. The molecule has 2 rings (SSSR count). The van der Waals surface area contributed by atoms with Crippen LogP contribution in [0, 0.1) is 0 Å². The van der Waals surface area contributed by atoms with Crippen molar-refractivity contribution in [2.45, 2.75) is 4.90 Å². The maximum absolute atomic E-state index is 10.9. The van der Waals surface area contributed by atoms with E-state index < -0.39 is 10.1 Å². The number of hydrogen-bond acceptors (Lipinski definition) is 3. The highest BCUT2D eigenvalue weighted by atomic mass is 32.2. The summed E-state index contributed by atoms with van der Waals surface area (Å²) >= 11 is 0. The fraction of sp³-hybridized carbons (Fsp3) is 0. The van der Waals surface area contributed by atoms with Crippen LogP contribution in [0.15, 0.2) is 46.4 Å². The summed E-state index contributed by atoms with van der Waals surface area (Å²) in [5.41, 5.74) is 8.73. The van der Waals surface area contributed by atoms with Crippen molar-refractivity contribution in [2.24, 2.45) is 5.11 Å². The van der Waals surface area contributed by atoms with Crippen molar-refractivity contribution in [1.29, 1.82) is 0 Å². The van der Waals surface area contributed by atoms with Gasteiger partial charge in [-0.3, -0.25) is 4.55 Å². The highest BCUT2D eigenvalue weighted by molar-refractivity contribution is 7.85. The van der Waals surface area contributed by atoms with Gasteiger partial charge < -0.3 is 0 Å². The average molecular weight is 249 g/mol. The summed E-state index contributed by atoms with van der Waals surface area (Å²) in [5, 5.41) is 4.80. The van der Waals surface area contributed by atoms with E-state index >= 15 is 0 Å². The Morgan fingerprint density at radius 1 is 1.12 bits per heavy atom. The predicted octanol–water partition coefficient (Wildman–Crippen LogP) is 3.03. The van der Waals surface area contributed by atoms with Crippen LogP contribution < -0.4 is 0 Å². The van der Waals surface area contributed by atoms with Crippen LogP contribution in [0.1, 0.15) is 0 Å². The molecule has 2 aromatic rings. The monoisotopic (exact) mass is 249 g/mol. The van der Waals surface area contributed by atoms with E-state index in [2.05, 4.69) is 10.0 Å². The standard InChI is InChI=1S/C10H7N3O3S/c11-13-12-9-3-1-8-6-10(17(14,15)16)4-2-7(8)5-9/h1-6H,(H,14,15,16). The Balaban J connectivity index is 2.66. The lowest BCUT2D eigenvalue weighted by Crippen LogP contribution is -1.97. The molecule has 0 saturated heterocycles. The van der Waals surface area contributed by atoms with E-state index in [0.717, 1.165) is 5.39 Å². The minimum Gasteiger partial charge on any atom is -0.282 e. The Morgan fingerprint density at radius 2 is 1.76 bits per heavy atom. The molecule has 2 aromatic carbocycles. The number of hydrogen-bond donors (Lipinski definition) is 1. The lowest BCUT2D eigenvalue weighted by atomic mass is 10.1. The zero-order chi connectivity index (χ0) is 12.5. The van der Waals surface area contributed by atoms with Gasteiger partial charge in [-0.05, 0) is 34.5 Å². The molecule has 0 unspecified atom stereocenters. The van der Waals surface area contributed by atoms with Crippen LogP contribution in [0.2, 0.25) is 0 Å². The second kappa shape index (κ2) is 4.06. The topological polar surface area (TPSA) is 103 Å². The van der Waals surface area contributed by atoms with Crippen LogP contribution in [-0.2, 0) is 10.1 Å². The number of benzene rings is 2. The lowest BCUT2D eigenvalue weighted by molar-refractivity contribution is 0.483. The summed E-state index contributed by atoms with van der Waals surface area (Å²) in [4.78, 5) is 2.49. The molecule has 0 amide bonds. The molecule has 1 N–H and O–H groups in total. The molecule has 0 aliphatic rings. The Bertz CT molecular complexity index is 734. The van der Waals surface area contributed by atoms with Crippen molar-refractivity contribution in [3.8, 4) is 0 Å². The Morgan fingerprint density at radius 3 is 2.41 bits per heavy atom. The van der Waals surface area contributed by atoms with Gasteiger partial charge in [0.2, 0.25) is 0 Å². The van der Waals surface area contributed by atoms with Crippen LogP contribution in [0.3, 0.4) is 0 Å². The lowest BCUT2D eigenvalue weighted by Gasteiger charge is -2.01. The van der Waals surface area contributed by atoms with E-state index in [9.17, 15) is 8.42 Å². The smallest absolute Gasteiger partial charge is 0.282 e. The fourth-order valence-corrected chi connectivity index (χ4v) is 2.00. The van der Waals surface area contributed by atoms with Crippen LogP contribution in [0.4, 0.5) is 5.69 Å². The van der Waals surface area contributed by atoms with Gasteiger partial charge >= 0.3 is 0 Å². The third kappa shape index (κ3) is 2.36. The molecule has 0 bridgehead atoms. The minimum atomic E-state index is -4.20. The molecule has 0 fully saturated rings. The highest BCUT2D eigenvalue weighted by Crippen LogP contribution is 2.23. The Kier molecular flexibility index (Phi) is 2.72. The Labute approximate surface area is 96.9 Å². The van der Waals surface area contributed by atoms with Crippen LogP contribution in [0.25, 0.3) is 21.2 Å². The fourth-order valence-electron chi connectivity index (χ4n) is 1.49.